The molecule has 2 atom stereocenters. The number of nitrogens with zero attached hydrogens (tertiary/aromatic N) is 2. The van der Waals surface area contributed by atoms with Gasteiger partial charge in [-0.3, -0.25) is 4.79 Å². The fourth-order valence-electron chi connectivity index (χ4n) is 3.30. The van der Waals surface area contributed by atoms with E-state index in [1.807, 2.05) is 36.5 Å². The molecule has 2 aliphatic rings. The third kappa shape index (κ3) is 2.68. The van der Waals surface area contributed by atoms with Crippen LogP contribution < -0.4 is 15.8 Å². The highest BCUT2D eigenvalue weighted by Gasteiger charge is 2.37. The molecular formula is C17H19BN2O3. The van der Waals surface area contributed by atoms with Gasteiger partial charge in [0.25, 0.3) is 7.41 Å². The van der Waals surface area contributed by atoms with E-state index in [0.717, 1.165) is 24.3 Å². The van der Waals surface area contributed by atoms with Crippen LogP contribution in [-0.2, 0) is 17.9 Å². The summed E-state index contributed by atoms with van der Waals surface area (Å²) in [5.74, 6) is 0.467. The van der Waals surface area contributed by atoms with Crippen LogP contribution in [-0.4, -0.2) is 35.7 Å². The molecule has 0 aliphatic carbocycles. The van der Waals surface area contributed by atoms with Crippen molar-refractivity contribution in [1.82, 2.24) is 9.38 Å². The Morgan fingerprint density at radius 1 is 1.30 bits per heavy atom. The van der Waals surface area contributed by atoms with E-state index < -0.39 is 0 Å². The average Bonchev–Trinajstić information content (AvgIpc) is 2.94. The summed E-state index contributed by atoms with van der Waals surface area (Å²) in [6, 6.07) is 11.9. The Labute approximate surface area is 135 Å². The number of fused-ring (bicyclic) bond motifs is 2. The topological polar surface area (TPSA) is 43.7 Å². The van der Waals surface area contributed by atoms with Crippen LogP contribution in [0.25, 0.3) is 0 Å². The first-order valence-corrected chi connectivity index (χ1v) is 7.99. The highest BCUT2D eigenvalue weighted by molar-refractivity contribution is 6.51. The van der Waals surface area contributed by atoms with Crippen molar-refractivity contribution >= 4 is 13.0 Å². The quantitative estimate of drug-likeness (QED) is 0.773. The number of hydrogen-bond acceptors (Lipinski definition) is 4. The normalized spacial score (nSPS) is 23.0. The van der Waals surface area contributed by atoms with E-state index in [2.05, 4.69) is 16.3 Å². The zero-order valence-corrected chi connectivity index (χ0v) is 13.1. The zero-order valence-electron chi connectivity index (χ0n) is 13.1. The number of rotatable bonds is 3. The Kier molecular flexibility index (Phi) is 3.71. The van der Waals surface area contributed by atoms with Gasteiger partial charge in [0.1, 0.15) is 12.8 Å². The first-order valence-electron chi connectivity index (χ1n) is 7.99. The molecule has 2 aromatic rings. The molecule has 0 bridgehead atoms. The molecule has 0 saturated carbocycles. The number of ether oxygens (including phenoxy) is 2. The van der Waals surface area contributed by atoms with E-state index in [0.29, 0.717) is 25.8 Å². The number of aromatic nitrogens is 1. The molecule has 118 valence electrons. The molecule has 1 aromatic carbocycles. The van der Waals surface area contributed by atoms with Crippen LogP contribution in [0.15, 0.2) is 47.4 Å². The van der Waals surface area contributed by atoms with Crippen molar-refractivity contribution in [2.75, 3.05) is 6.61 Å². The van der Waals surface area contributed by atoms with Gasteiger partial charge in [-0.2, -0.15) is 0 Å². The Morgan fingerprint density at radius 2 is 2.13 bits per heavy atom. The van der Waals surface area contributed by atoms with Crippen LogP contribution in [0.4, 0.5) is 0 Å². The highest BCUT2D eigenvalue weighted by Crippen LogP contribution is 2.21. The first-order chi connectivity index (χ1) is 11.2. The molecule has 0 amide bonds. The summed E-state index contributed by atoms with van der Waals surface area (Å²) < 4.78 is 13.8. The predicted octanol–water partition coefficient (Wildman–Crippen LogP) is 0.465. The lowest BCUT2D eigenvalue weighted by atomic mass is 9.80. The van der Waals surface area contributed by atoms with Gasteiger partial charge in [0, 0.05) is 23.9 Å². The van der Waals surface area contributed by atoms with Crippen molar-refractivity contribution in [2.45, 2.75) is 32.3 Å². The van der Waals surface area contributed by atoms with E-state index in [4.69, 9.17) is 9.47 Å². The van der Waals surface area contributed by atoms with Gasteiger partial charge < -0.3 is 18.9 Å². The van der Waals surface area contributed by atoms with Crippen LogP contribution >= 0.6 is 0 Å². The van der Waals surface area contributed by atoms with E-state index in [1.54, 1.807) is 6.07 Å². The number of hydrogen-bond donors (Lipinski definition) is 0. The maximum atomic E-state index is 12.3. The number of pyridine rings is 1. The van der Waals surface area contributed by atoms with Gasteiger partial charge in [-0.05, 0) is 12.5 Å². The van der Waals surface area contributed by atoms with Gasteiger partial charge >= 0.3 is 0 Å². The Hall–Kier alpha value is -2.05. The second-order valence-corrected chi connectivity index (χ2v) is 6.19. The molecule has 1 fully saturated rings. The molecule has 1 unspecified atom stereocenters. The van der Waals surface area contributed by atoms with Crippen molar-refractivity contribution in [1.29, 1.82) is 0 Å². The van der Waals surface area contributed by atoms with Crippen molar-refractivity contribution < 1.29 is 9.47 Å². The Bertz CT molecular complexity index is 762. The Balaban J connectivity index is 1.63. The van der Waals surface area contributed by atoms with E-state index in [-0.39, 0.29) is 11.7 Å². The van der Waals surface area contributed by atoms with Gasteiger partial charge in [-0.25, -0.2) is 0 Å². The van der Waals surface area contributed by atoms with E-state index >= 15 is 0 Å². The van der Waals surface area contributed by atoms with Crippen molar-refractivity contribution in [3.8, 4) is 5.75 Å². The summed E-state index contributed by atoms with van der Waals surface area (Å²) in [6.45, 7) is 4.04. The zero-order chi connectivity index (χ0) is 15.8. The van der Waals surface area contributed by atoms with Crippen LogP contribution in [0.5, 0.6) is 5.75 Å². The summed E-state index contributed by atoms with van der Waals surface area (Å²) in [6.07, 6.45) is 1.94. The third-order valence-electron chi connectivity index (χ3n) is 4.62. The van der Waals surface area contributed by atoms with E-state index in [9.17, 15) is 4.79 Å². The van der Waals surface area contributed by atoms with Crippen molar-refractivity contribution in [2.24, 2.45) is 0 Å². The summed E-state index contributed by atoms with van der Waals surface area (Å²) in [7, 11) is 0.687. The highest BCUT2D eigenvalue weighted by atomic mass is 16.5. The predicted molar refractivity (Wildman–Crippen MR) is 89.3 cm³/mol. The summed E-state index contributed by atoms with van der Waals surface area (Å²) in [4.78, 5) is 14.6. The van der Waals surface area contributed by atoms with Crippen LogP contribution in [0.3, 0.4) is 0 Å². The lowest BCUT2D eigenvalue weighted by Crippen LogP contribution is -2.54. The maximum absolute atomic E-state index is 12.3. The number of benzene rings is 1. The van der Waals surface area contributed by atoms with Gasteiger partial charge in [-0.1, -0.05) is 30.3 Å². The summed E-state index contributed by atoms with van der Waals surface area (Å²) >= 11 is 0. The lowest BCUT2D eigenvalue weighted by molar-refractivity contribution is 0.0500. The maximum Gasteiger partial charge on any atom is 0.266 e. The van der Waals surface area contributed by atoms with Crippen molar-refractivity contribution in [3.05, 3.63) is 58.4 Å². The Morgan fingerprint density at radius 3 is 2.96 bits per heavy atom. The second-order valence-electron chi connectivity index (χ2n) is 6.19. The molecule has 23 heavy (non-hydrogen) atoms. The molecular weight excluding hydrogens is 291 g/mol. The fraction of sp³-hybridized carbons (Fsp3) is 0.353. The van der Waals surface area contributed by atoms with Gasteiger partial charge in [-0.15, -0.1) is 0 Å². The molecule has 6 heteroatoms. The molecule has 0 spiro atoms. The van der Waals surface area contributed by atoms with Gasteiger partial charge in [0.15, 0.2) is 5.75 Å². The first kappa shape index (κ1) is 14.5. The largest absolute Gasteiger partial charge is 0.484 e. The molecule has 0 N–H and O–H groups in total. The molecule has 3 heterocycles. The fourth-order valence-corrected chi connectivity index (χ4v) is 3.30. The SMILES string of the molecule is CC1CO[C@@H]2Cn3ccc(=O)c(OCc4ccccc4)c3BN12. The molecule has 0 radical (unpaired) electrons. The van der Waals surface area contributed by atoms with Crippen LogP contribution in [0.1, 0.15) is 12.5 Å². The van der Waals surface area contributed by atoms with Crippen molar-refractivity contribution in [3.63, 3.8) is 0 Å². The summed E-state index contributed by atoms with van der Waals surface area (Å²) in [5.41, 5.74) is 1.95. The van der Waals surface area contributed by atoms with Gasteiger partial charge in [0.2, 0.25) is 5.43 Å². The minimum absolute atomic E-state index is 0.0570. The molecule has 1 aromatic heterocycles. The smallest absolute Gasteiger partial charge is 0.266 e. The molecule has 2 aliphatic heterocycles. The second kappa shape index (κ2) is 5.87. The minimum Gasteiger partial charge on any atom is -0.484 e. The van der Waals surface area contributed by atoms with E-state index in [1.165, 1.54) is 0 Å². The summed E-state index contributed by atoms with van der Waals surface area (Å²) in [5, 5.41) is 0. The van der Waals surface area contributed by atoms with Gasteiger partial charge in [0.05, 0.1) is 13.2 Å². The average molecular weight is 310 g/mol. The minimum atomic E-state index is -0.0570. The monoisotopic (exact) mass is 310 g/mol. The standard InChI is InChI=1S/C17H19BN2O3/c1-12-10-22-15-9-19-8-7-14(21)16(17(19)18-20(12)15)23-11-13-5-3-2-4-6-13/h2-8,12,15,18H,9-11H2,1H3/t12?,15-/m1/s1. The van der Waals surface area contributed by atoms with Crippen LogP contribution in [0, 0.1) is 0 Å². The van der Waals surface area contributed by atoms with Crippen LogP contribution in [0.2, 0.25) is 0 Å². The molecule has 4 rings (SSSR count). The lowest BCUT2D eigenvalue weighted by Gasteiger charge is -2.33. The molecule has 1 saturated heterocycles. The third-order valence-corrected chi connectivity index (χ3v) is 4.62. The molecule has 5 nitrogen and oxygen atoms in total.